The molecule has 1 atom stereocenters. The third-order valence-electron chi connectivity index (χ3n) is 5.30. The lowest BCUT2D eigenvalue weighted by Crippen LogP contribution is -2.52. The zero-order valence-electron chi connectivity index (χ0n) is 15.4. The van der Waals surface area contributed by atoms with Crippen molar-refractivity contribution in [2.75, 3.05) is 36.4 Å². The van der Waals surface area contributed by atoms with E-state index in [4.69, 9.17) is 0 Å². The highest BCUT2D eigenvalue weighted by Gasteiger charge is 2.32. The van der Waals surface area contributed by atoms with Crippen molar-refractivity contribution in [3.63, 3.8) is 0 Å². The van der Waals surface area contributed by atoms with Crippen LogP contribution in [0.1, 0.15) is 23.7 Å². The molecule has 136 valence electrons. The van der Waals surface area contributed by atoms with Gasteiger partial charge in [-0.15, -0.1) is 0 Å². The van der Waals surface area contributed by atoms with E-state index >= 15 is 0 Å². The zero-order valence-corrected chi connectivity index (χ0v) is 15.4. The maximum absolute atomic E-state index is 12.9. The van der Waals surface area contributed by atoms with E-state index in [0.29, 0.717) is 0 Å². The molecule has 4 rings (SSSR count). The summed E-state index contributed by atoms with van der Waals surface area (Å²) in [5.41, 5.74) is 4.64. The minimum atomic E-state index is -0.135. The summed E-state index contributed by atoms with van der Waals surface area (Å²) < 4.78 is 0. The fourth-order valence-electron chi connectivity index (χ4n) is 3.77. The topological polar surface area (TPSA) is 61.4 Å². The smallest absolute Gasteiger partial charge is 0.245 e. The largest absolute Gasteiger partial charge is 0.373 e. The Balaban J connectivity index is 1.37. The highest BCUT2D eigenvalue weighted by Crippen LogP contribution is 2.27. The van der Waals surface area contributed by atoms with Gasteiger partial charge in [-0.3, -0.25) is 4.79 Å². The summed E-state index contributed by atoms with van der Waals surface area (Å²) in [7, 11) is 0. The number of rotatable bonds is 3. The molecule has 2 aliphatic rings. The summed E-state index contributed by atoms with van der Waals surface area (Å²) in [6, 6.07) is 8.26. The molecule has 0 saturated carbocycles. The fraction of sp³-hybridized carbons (Fsp3) is 0.450. The number of amides is 1. The Bertz CT molecular complexity index is 814. The monoisotopic (exact) mass is 351 g/mol. The molecule has 1 unspecified atom stereocenters. The lowest BCUT2D eigenvalue weighted by molar-refractivity contribution is -0.132. The summed E-state index contributed by atoms with van der Waals surface area (Å²) in [5, 5.41) is 3.39. The third kappa shape index (κ3) is 3.23. The van der Waals surface area contributed by atoms with Gasteiger partial charge in [0, 0.05) is 50.0 Å². The molecule has 2 aliphatic heterocycles. The number of carbonyl (C=O) groups excluding carboxylic acids is 1. The van der Waals surface area contributed by atoms with E-state index in [-0.39, 0.29) is 11.9 Å². The number of anilines is 2. The SMILES string of the molecule is CCc1cc(N2CCN(C(=O)C3Cc4cc(C)ccc4N3)CC2)ncn1. The van der Waals surface area contributed by atoms with Crippen LogP contribution in [0.15, 0.2) is 30.6 Å². The van der Waals surface area contributed by atoms with Gasteiger partial charge in [-0.25, -0.2) is 9.97 Å². The van der Waals surface area contributed by atoms with Gasteiger partial charge in [-0.1, -0.05) is 24.6 Å². The lowest BCUT2D eigenvalue weighted by Gasteiger charge is -2.36. The maximum Gasteiger partial charge on any atom is 0.245 e. The Labute approximate surface area is 154 Å². The molecule has 0 aliphatic carbocycles. The first kappa shape index (κ1) is 16.8. The van der Waals surface area contributed by atoms with Crippen molar-refractivity contribution in [1.82, 2.24) is 14.9 Å². The number of aryl methyl sites for hydroxylation is 2. The Kier molecular flexibility index (Phi) is 4.49. The fourth-order valence-corrected chi connectivity index (χ4v) is 3.77. The molecule has 1 amide bonds. The van der Waals surface area contributed by atoms with Crippen molar-refractivity contribution in [3.05, 3.63) is 47.4 Å². The quantitative estimate of drug-likeness (QED) is 0.917. The average Bonchev–Trinajstić information content (AvgIpc) is 3.10. The van der Waals surface area contributed by atoms with E-state index in [1.54, 1.807) is 6.33 Å². The van der Waals surface area contributed by atoms with Crippen LogP contribution in [0.5, 0.6) is 0 Å². The van der Waals surface area contributed by atoms with Crippen molar-refractivity contribution < 1.29 is 4.79 Å². The van der Waals surface area contributed by atoms with E-state index in [1.165, 1.54) is 11.1 Å². The third-order valence-corrected chi connectivity index (χ3v) is 5.30. The van der Waals surface area contributed by atoms with Crippen LogP contribution in [-0.2, 0) is 17.6 Å². The van der Waals surface area contributed by atoms with Crippen LogP contribution in [0.4, 0.5) is 11.5 Å². The summed E-state index contributed by atoms with van der Waals surface area (Å²) in [4.78, 5) is 25.8. The molecule has 1 aromatic heterocycles. The predicted octanol–water partition coefficient (Wildman–Crippen LogP) is 2.03. The number of benzene rings is 1. The molecule has 6 heteroatoms. The Morgan fingerprint density at radius 2 is 2.00 bits per heavy atom. The van der Waals surface area contributed by atoms with E-state index < -0.39 is 0 Å². The first-order valence-electron chi connectivity index (χ1n) is 9.35. The molecule has 26 heavy (non-hydrogen) atoms. The van der Waals surface area contributed by atoms with Gasteiger partial charge in [0.05, 0.1) is 0 Å². The van der Waals surface area contributed by atoms with Gasteiger partial charge in [0.15, 0.2) is 0 Å². The molecule has 0 bridgehead atoms. The number of nitrogens with zero attached hydrogens (tertiary/aromatic N) is 4. The number of nitrogens with one attached hydrogen (secondary N) is 1. The second-order valence-corrected chi connectivity index (χ2v) is 7.10. The zero-order chi connectivity index (χ0) is 18.1. The number of aromatic nitrogens is 2. The molecule has 1 fully saturated rings. The second kappa shape index (κ2) is 6.94. The molecular weight excluding hydrogens is 326 g/mol. The van der Waals surface area contributed by atoms with Crippen molar-refractivity contribution in [2.45, 2.75) is 32.7 Å². The Hall–Kier alpha value is -2.63. The van der Waals surface area contributed by atoms with Gasteiger partial charge in [0.25, 0.3) is 0 Å². The van der Waals surface area contributed by atoms with Crippen LogP contribution in [-0.4, -0.2) is 53.0 Å². The number of hydrogen-bond donors (Lipinski definition) is 1. The molecule has 3 heterocycles. The minimum Gasteiger partial charge on any atom is -0.373 e. The molecule has 0 radical (unpaired) electrons. The van der Waals surface area contributed by atoms with Crippen LogP contribution in [0.25, 0.3) is 0 Å². The van der Waals surface area contributed by atoms with E-state index in [9.17, 15) is 4.79 Å². The van der Waals surface area contributed by atoms with Crippen molar-refractivity contribution in [1.29, 1.82) is 0 Å². The molecular formula is C20H25N5O. The second-order valence-electron chi connectivity index (χ2n) is 7.10. The maximum atomic E-state index is 12.9. The molecule has 1 N–H and O–H groups in total. The molecule has 6 nitrogen and oxygen atoms in total. The predicted molar refractivity (Wildman–Crippen MR) is 102 cm³/mol. The number of piperazine rings is 1. The van der Waals surface area contributed by atoms with Gasteiger partial charge in [0.1, 0.15) is 18.2 Å². The average molecular weight is 351 g/mol. The van der Waals surface area contributed by atoms with Crippen LogP contribution in [0, 0.1) is 6.92 Å². The number of carbonyl (C=O) groups is 1. The van der Waals surface area contributed by atoms with E-state index in [0.717, 1.165) is 56.2 Å². The van der Waals surface area contributed by atoms with Crippen molar-refractivity contribution >= 4 is 17.4 Å². The van der Waals surface area contributed by atoms with Gasteiger partial charge in [-0.05, 0) is 25.0 Å². The van der Waals surface area contributed by atoms with Gasteiger partial charge < -0.3 is 15.1 Å². The van der Waals surface area contributed by atoms with Crippen LogP contribution in [0.2, 0.25) is 0 Å². The number of fused-ring (bicyclic) bond motifs is 1. The van der Waals surface area contributed by atoms with Crippen LogP contribution < -0.4 is 10.2 Å². The molecule has 1 aromatic carbocycles. The summed E-state index contributed by atoms with van der Waals surface area (Å²) >= 11 is 0. The molecule has 1 saturated heterocycles. The standard InChI is InChI=1S/C20H25N5O/c1-3-16-12-19(22-13-21-16)24-6-8-25(9-7-24)20(26)18-11-15-10-14(2)4-5-17(15)23-18/h4-5,10,12-13,18,23H,3,6-9,11H2,1-2H3. The van der Waals surface area contributed by atoms with E-state index in [2.05, 4.69) is 58.3 Å². The summed E-state index contributed by atoms with van der Waals surface area (Å²) in [5.74, 6) is 1.17. The summed E-state index contributed by atoms with van der Waals surface area (Å²) in [6.45, 7) is 7.27. The van der Waals surface area contributed by atoms with Crippen LogP contribution in [0.3, 0.4) is 0 Å². The highest BCUT2D eigenvalue weighted by molar-refractivity contribution is 5.87. The van der Waals surface area contributed by atoms with Crippen LogP contribution >= 0.6 is 0 Å². The van der Waals surface area contributed by atoms with Gasteiger partial charge in [-0.2, -0.15) is 0 Å². The summed E-state index contributed by atoms with van der Waals surface area (Å²) in [6.07, 6.45) is 3.32. The normalized spacial score (nSPS) is 19.2. The first-order chi connectivity index (χ1) is 12.6. The van der Waals surface area contributed by atoms with Gasteiger partial charge in [0.2, 0.25) is 5.91 Å². The van der Waals surface area contributed by atoms with E-state index in [1.807, 2.05) is 4.90 Å². The van der Waals surface area contributed by atoms with Gasteiger partial charge >= 0.3 is 0 Å². The highest BCUT2D eigenvalue weighted by atomic mass is 16.2. The Morgan fingerprint density at radius 1 is 1.19 bits per heavy atom. The minimum absolute atomic E-state index is 0.135. The first-order valence-corrected chi connectivity index (χ1v) is 9.35. The Morgan fingerprint density at radius 3 is 2.77 bits per heavy atom. The molecule has 0 spiro atoms. The lowest BCUT2D eigenvalue weighted by atomic mass is 10.1. The number of hydrogen-bond acceptors (Lipinski definition) is 5. The molecule has 2 aromatic rings. The van der Waals surface area contributed by atoms with Crippen molar-refractivity contribution in [3.8, 4) is 0 Å². The van der Waals surface area contributed by atoms with Crippen molar-refractivity contribution in [2.24, 2.45) is 0 Å².